The molecule has 0 fully saturated rings. The molecule has 0 bridgehead atoms. The van der Waals surface area contributed by atoms with E-state index in [1.807, 2.05) is 0 Å². The van der Waals surface area contributed by atoms with Crippen molar-refractivity contribution in [3.8, 4) is 0 Å². The minimum Gasteiger partial charge on any atom is -0.389 e. The van der Waals surface area contributed by atoms with Crippen LogP contribution in [0, 0.1) is 0 Å². The minimum absolute atomic E-state index is 0.154. The van der Waals surface area contributed by atoms with Gasteiger partial charge in [0.1, 0.15) is 10.8 Å². The van der Waals surface area contributed by atoms with Crippen LogP contribution >= 0.6 is 12.2 Å². The van der Waals surface area contributed by atoms with Crippen molar-refractivity contribution in [3.63, 3.8) is 0 Å². The van der Waals surface area contributed by atoms with Crippen LogP contribution in [0.5, 0.6) is 0 Å². The maximum atomic E-state index is 12.1. The number of rotatable bonds is 7. The predicted molar refractivity (Wildman–Crippen MR) is 85.2 cm³/mol. The Labute approximate surface area is 128 Å². The van der Waals surface area contributed by atoms with Gasteiger partial charge in [-0.15, -0.1) is 0 Å². The quantitative estimate of drug-likeness (QED) is 0.651. The van der Waals surface area contributed by atoms with Crippen molar-refractivity contribution < 1.29 is 8.42 Å². The SMILES string of the molecule is NC(=S)c1ccccc1CS(=O)(=O)NCCc1ncc[nH]1. The molecule has 0 aliphatic carbocycles. The van der Waals surface area contributed by atoms with Gasteiger partial charge in [-0.25, -0.2) is 18.1 Å². The van der Waals surface area contributed by atoms with Crippen LogP contribution in [0.15, 0.2) is 36.7 Å². The van der Waals surface area contributed by atoms with Gasteiger partial charge in [0, 0.05) is 30.9 Å². The lowest BCUT2D eigenvalue weighted by atomic mass is 10.1. The molecular weight excluding hydrogens is 308 g/mol. The van der Waals surface area contributed by atoms with Gasteiger partial charge in [0.05, 0.1) is 5.75 Å². The molecule has 0 aliphatic heterocycles. The fraction of sp³-hybridized carbons (Fsp3) is 0.231. The third-order valence-corrected chi connectivity index (χ3v) is 4.42. The second-order valence-corrected chi connectivity index (χ2v) is 6.71. The van der Waals surface area contributed by atoms with Crippen molar-refractivity contribution in [1.29, 1.82) is 0 Å². The van der Waals surface area contributed by atoms with E-state index < -0.39 is 10.0 Å². The van der Waals surface area contributed by atoms with Gasteiger partial charge >= 0.3 is 0 Å². The number of aromatic nitrogens is 2. The standard InChI is InChI=1S/C13H16N4O2S2/c14-13(20)11-4-2-1-3-10(11)9-21(18,19)17-6-5-12-15-7-8-16-12/h1-4,7-8,17H,5-6,9H2,(H2,14,20)(H,15,16). The number of imidazole rings is 1. The highest BCUT2D eigenvalue weighted by atomic mass is 32.2. The molecule has 6 nitrogen and oxygen atoms in total. The van der Waals surface area contributed by atoms with Gasteiger partial charge in [-0.05, 0) is 5.56 Å². The molecular formula is C13H16N4O2S2. The fourth-order valence-corrected chi connectivity index (χ4v) is 3.28. The summed E-state index contributed by atoms with van der Waals surface area (Å²) in [6.07, 6.45) is 3.83. The number of sulfonamides is 1. The second kappa shape index (κ2) is 6.79. The van der Waals surface area contributed by atoms with Crippen LogP contribution < -0.4 is 10.5 Å². The fourth-order valence-electron chi connectivity index (χ4n) is 1.90. The summed E-state index contributed by atoms with van der Waals surface area (Å²) in [5, 5.41) is 0. The summed E-state index contributed by atoms with van der Waals surface area (Å²) >= 11 is 4.93. The van der Waals surface area contributed by atoms with Crippen LogP contribution in [0.25, 0.3) is 0 Å². The van der Waals surface area contributed by atoms with E-state index in [-0.39, 0.29) is 17.3 Å². The summed E-state index contributed by atoms with van der Waals surface area (Å²) in [5.74, 6) is 0.583. The zero-order chi connectivity index (χ0) is 15.3. The van der Waals surface area contributed by atoms with Crippen LogP contribution in [-0.4, -0.2) is 29.9 Å². The van der Waals surface area contributed by atoms with Gasteiger partial charge in [0.15, 0.2) is 0 Å². The number of benzene rings is 1. The number of hydrogen-bond donors (Lipinski definition) is 3. The Morgan fingerprint density at radius 2 is 2.14 bits per heavy atom. The number of aromatic amines is 1. The topological polar surface area (TPSA) is 101 Å². The van der Waals surface area contributed by atoms with E-state index in [0.717, 1.165) is 5.82 Å². The van der Waals surface area contributed by atoms with Gasteiger partial charge in [0.25, 0.3) is 0 Å². The molecule has 1 aromatic heterocycles. The van der Waals surface area contributed by atoms with E-state index in [0.29, 0.717) is 17.5 Å². The zero-order valence-electron chi connectivity index (χ0n) is 11.2. The van der Waals surface area contributed by atoms with Crippen molar-refractivity contribution in [2.75, 3.05) is 6.54 Å². The lowest BCUT2D eigenvalue weighted by Gasteiger charge is -2.09. The van der Waals surface area contributed by atoms with Crippen molar-refractivity contribution in [3.05, 3.63) is 53.6 Å². The first-order valence-electron chi connectivity index (χ1n) is 6.31. The minimum atomic E-state index is -3.45. The molecule has 1 aromatic carbocycles. The average molecular weight is 324 g/mol. The van der Waals surface area contributed by atoms with E-state index in [2.05, 4.69) is 14.7 Å². The molecule has 0 saturated heterocycles. The second-order valence-electron chi connectivity index (χ2n) is 4.46. The summed E-state index contributed by atoms with van der Waals surface area (Å²) in [5.41, 5.74) is 6.78. The molecule has 0 spiro atoms. The first-order valence-corrected chi connectivity index (χ1v) is 8.37. The normalized spacial score (nSPS) is 11.4. The molecule has 2 aromatic rings. The van der Waals surface area contributed by atoms with Gasteiger partial charge in [0.2, 0.25) is 10.0 Å². The number of nitrogens with zero attached hydrogens (tertiary/aromatic N) is 1. The van der Waals surface area contributed by atoms with Crippen molar-refractivity contribution in [1.82, 2.24) is 14.7 Å². The predicted octanol–water partition coefficient (Wildman–Crippen LogP) is 0.706. The van der Waals surface area contributed by atoms with Crippen LogP contribution in [0.1, 0.15) is 17.0 Å². The lowest BCUT2D eigenvalue weighted by Crippen LogP contribution is -2.28. The number of hydrogen-bond acceptors (Lipinski definition) is 4. The molecule has 8 heteroatoms. The van der Waals surface area contributed by atoms with Gasteiger partial charge < -0.3 is 10.7 Å². The highest BCUT2D eigenvalue weighted by Gasteiger charge is 2.14. The zero-order valence-corrected chi connectivity index (χ0v) is 12.9. The van der Waals surface area contributed by atoms with E-state index in [1.54, 1.807) is 36.7 Å². The van der Waals surface area contributed by atoms with Gasteiger partial charge in [-0.1, -0.05) is 36.5 Å². The van der Waals surface area contributed by atoms with Crippen molar-refractivity contribution in [2.24, 2.45) is 5.73 Å². The molecule has 0 unspecified atom stereocenters. The molecule has 0 atom stereocenters. The molecule has 112 valence electrons. The summed E-state index contributed by atoms with van der Waals surface area (Å²) in [4.78, 5) is 7.14. The lowest BCUT2D eigenvalue weighted by molar-refractivity contribution is 0.580. The Morgan fingerprint density at radius 1 is 1.38 bits per heavy atom. The first-order chi connectivity index (χ1) is 9.98. The van der Waals surface area contributed by atoms with Crippen molar-refractivity contribution in [2.45, 2.75) is 12.2 Å². The Bertz CT molecular complexity index is 712. The average Bonchev–Trinajstić information content (AvgIpc) is 2.91. The Kier molecular flexibility index (Phi) is 5.05. The monoisotopic (exact) mass is 324 g/mol. The first kappa shape index (κ1) is 15.6. The molecule has 0 saturated carbocycles. The Hall–Kier alpha value is -1.77. The van der Waals surface area contributed by atoms with E-state index in [4.69, 9.17) is 18.0 Å². The molecule has 2 rings (SSSR count). The summed E-state index contributed by atoms with van der Waals surface area (Å²) < 4.78 is 26.7. The molecule has 0 amide bonds. The summed E-state index contributed by atoms with van der Waals surface area (Å²) in [6, 6.07) is 6.96. The number of nitrogens with two attached hydrogens (primary N) is 1. The summed E-state index contributed by atoms with van der Waals surface area (Å²) in [6.45, 7) is 0.283. The van der Waals surface area contributed by atoms with Gasteiger partial charge in [-0.3, -0.25) is 0 Å². The molecule has 0 radical (unpaired) electrons. The molecule has 21 heavy (non-hydrogen) atoms. The van der Waals surface area contributed by atoms with E-state index in [1.165, 1.54) is 0 Å². The number of H-pyrrole nitrogens is 1. The van der Waals surface area contributed by atoms with Gasteiger partial charge in [-0.2, -0.15) is 0 Å². The smallest absolute Gasteiger partial charge is 0.215 e. The Morgan fingerprint density at radius 3 is 2.81 bits per heavy atom. The third kappa shape index (κ3) is 4.62. The largest absolute Gasteiger partial charge is 0.389 e. The van der Waals surface area contributed by atoms with E-state index >= 15 is 0 Å². The van der Waals surface area contributed by atoms with Crippen molar-refractivity contribution >= 4 is 27.2 Å². The van der Waals surface area contributed by atoms with Crippen LogP contribution in [0.3, 0.4) is 0 Å². The third-order valence-electron chi connectivity index (χ3n) is 2.87. The maximum absolute atomic E-state index is 12.1. The highest BCUT2D eigenvalue weighted by Crippen LogP contribution is 2.12. The molecule has 4 N–H and O–H groups in total. The highest BCUT2D eigenvalue weighted by molar-refractivity contribution is 7.88. The number of thiocarbonyl (C=S) groups is 1. The molecule has 0 aliphatic rings. The number of nitrogens with one attached hydrogen (secondary N) is 2. The Balaban J connectivity index is 1.99. The van der Waals surface area contributed by atoms with Crippen LogP contribution in [-0.2, 0) is 22.2 Å². The van der Waals surface area contributed by atoms with E-state index in [9.17, 15) is 8.42 Å². The summed E-state index contributed by atoms with van der Waals surface area (Å²) in [7, 11) is -3.45. The van der Waals surface area contributed by atoms with Crippen LogP contribution in [0.4, 0.5) is 0 Å². The molecule has 1 heterocycles. The van der Waals surface area contributed by atoms with Crippen LogP contribution in [0.2, 0.25) is 0 Å². The maximum Gasteiger partial charge on any atom is 0.215 e.